The molecule has 0 atom stereocenters. The number of fused-ring (bicyclic) bond motifs is 1. The molecule has 0 spiro atoms. The maximum atomic E-state index is 13.2. The molecule has 2 aromatic heterocycles. The van der Waals surface area contributed by atoms with Crippen LogP contribution in [0.1, 0.15) is 16.2 Å². The highest BCUT2D eigenvalue weighted by Crippen LogP contribution is 2.45. The quantitative estimate of drug-likeness (QED) is 0.658. The molecule has 0 saturated heterocycles. The molecule has 0 unspecified atom stereocenters. The second-order valence-corrected chi connectivity index (χ2v) is 6.84. The Hall–Kier alpha value is -2.98. The maximum absolute atomic E-state index is 13.2. The first kappa shape index (κ1) is 19.3. The normalized spacial score (nSPS) is 14.1. The first-order valence-corrected chi connectivity index (χ1v) is 8.82. The van der Waals surface area contributed by atoms with Crippen molar-refractivity contribution in [3.8, 4) is 22.8 Å². The molecule has 1 aliphatic rings. The lowest BCUT2D eigenvalue weighted by Crippen LogP contribution is -2.25. The summed E-state index contributed by atoms with van der Waals surface area (Å²) in [6, 6.07) is 2.48. The summed E-state index contributed by atoms with van der Waals surface area (Å²) in [5.41, 5.74) is 1.28. The number of halogens is 4. The molecule has 1 aliphatic heterocycles. The van der Waals surface area contributed by atoms with Crippen molar-refractivity contribution in [2.45, 2.75) is 13.2 Å². The number of nitrogens with zero attached hydrogens (tertiary/aromatic N) is 4. The number of hydrogen-bond donors (Lipinski definition) is 1. The van der Waals surface area contributed by atoms with Crippen molar-refractivity contribution in [3.05, 3.63) is 46.0 Å². The summed E-state index contributed by atoms with van der Waals surface area (Å²) in [6.07, 6.45) is -1.14. The Labute approximate surface area is 172 Å². The number of aryl methyl sites for hydroxylation is 2. The van der Waals surface area contributed by atoms with E-state index < -0.39 is 12.2 Å². The number of ether oxygens (including phenoxy) is 2. The lowest BCUT2D eigenvalue weighted by atomic mass is 10.1. The van der Waals surface area contributed by atoms with Crippen LogP contribution in [-0.4, -0.2) is 32.0 Å². The van der Waals surface area contributed by atoms with E-state index in [1.165, 1.54) is 29.2 Å². The Bertz CT molecular complexity index is 1140. The highest BCUT2D eigenvalue weighted by molar-refractivity contribution is 6.34. The minimum absolute atomic E-state index is 0.119. The zero-order valence-electron chi connectivity index (χ0n) is 14.8. The molecule has 150 valence electrons. The molecule has 0 fully saturated rings. The molecule has 1 aromatic carbocycles. The number of rotatable bonds is 3. The van der Waals surface area contributed by atoms with Crippen LogP contribution >= 0.6 is 23.2 Å². The van der Waals surface area contributed by atoms with Crippen molar-refractivity contribution in [1.29, 1.82) is 0 Å². The maximum Gasteiger partial charge on any atom is 0.586 e. The second kappa shape index (κ2) is 6.82. The number of carbonyl (C=O) groups is 1. The Morgan fingerprint density at radius 1 is 1.17 bits per heavy atom. The molecule has 8 nitrogen and oxygen atoms in total. The van der Waals surface area contributed by atoms with Gasteiger partial charge in [0.1, 0.15) is 5.69 Å². The number of anilines is 1. The Kier molecular flexibility index (Phi) is 4.55. The minimum atomic E-state index is -3.75. The van der Waals surface area contributed by atoms with Gasteiger partial charge >= 0.3 is 6.29 Å². The van der Waals surface area contributed by atoms with Gasteiger partial charge in [-0.25, -0.2) is 4.98 Å². The van der Waals surface area contributed by atoms with E-state index in [1.54, 1.807) is 14.0 Å². The number of aromatic nitrogens is 4. The van der Waals surface area contributed by atoms with Crippen LogP contribution in [0.25, 0.3) is 11.3 Å². The monoisotopic (exact) mass is 441 g/mol. The zero-order valence-corrected chi connectivity index (χ0v) is 16.3. The lowest BCUT2D eigenvalue weighted by molar-refractivity contribution is -0.286. The van der Waals surface area contributed by atoms with Crippen LogP contribution in [-0.2, 0) is 7.05 Å². The smallest absolute Gasteiger partial charge is 0.395 e. The van der Waals surface area contributed by atoms with E-state index in [9.17, 15) is 13.6 Å². The van der Waals surface area contributed by atoms with Gasteiger partial charge in [-0.05, 0) is 13.0 Å². The molecule has 0 saturated carbocycles. The highest BCUT2D eigenvalue weighted by Gasteiger charge is 2.43. The molecule has 0 bridgehead atoms. The molecule has 29 heavy (non-hydrogen) atoms. The molecule has 3 aromatic rings. The third kappa shape index (κ3) is 3.56. The topological polar surface area (TPSA) is 91.2 Å². The number of hydrogen-bond acceptors (Lipinski definition) is 6. The van der Waals surface area contributed by atoms with Gasteiger partial charge < -0.3 is 14.8 Å². The van der Waals surface area contributed by atoms with Crippen LogP contribution in [0.3, 0.4) is 0 Å². The van der Waals surface area contributed by atoms with Crippen LogP contribution < -0.4 is 14.8 Å². The lowest BCUT2D eigenvalue weighted by Gasteiger charge is -2.07. The predicted molar refractivity (Wildman–Crippen MR) is 99.6 cm³/mol. The van der Waals surface area contributed by atoms with Crippen LogP contribution in [0.15, 0.2) is 24.5 Å². The summed E-state index contributed by atoms with van der Waals surface area (Å²) < 4.78 is 36.5. The summed E-state index contributed by atoms with van der Waals surface area (Å²) in [5.74, 6) is -0.709. The third-order valence-electron chi connectivity index (χ3n) is 4.02. The second-order valence-electron chi connectivity index (χ2n) is 6.06. The van der Waals surface area contributed by atoms with Crippen molar-refractivity contribution in [2.24, 2.45) is 7.05 Å². The average molecular weight is 442 g/mol. The Balaban J connectivity index is 1.57. The third-order valence-corrected chi connectivity index (χ3v) is 4.79. The van der Waals surface area contributed by atoms with Gasteiger partial charge in [-0.2, -0.15) is 5.10 Å². The van der Waals surface area contributed by atoms with Gasteiger partial charge in [-0.15, -0.1) is 8.78 Å². The van der Waals surface area contributed by atoms with E-state index >= 15 is 0 Å². The van der Waals surface area contributed by atoms with Gasteiger partial charge in [0.2, 0.25) is 0 Å². The van der Waals surface area contributed by atoms with E-state index in [0.29, 0.717) is 11.3 Å². The Morgan fingerprint density at radius 3 is 2.45 bits per heavy atom. The zero-order chi connectivity index (χ0) is 20.9. The van der Waals surface area contributed by atoms with Crippen LogP contribution in [0, 0.1) is 6.92 Å². The van der Waals surface area contributed by atoms with Crippen molar-refractivity contribution in [3.63, 3.8) is 0 Å². The summed E-state index contributed by atoms with van der Waals surface area (Å²) in [5, 5.41) is 6.99. The van der Waals surface area contributed by atoms with E-state index in [2.05, 4.69) is 29.9 Å². The molecule has 0 radical (unpaired) electrons. The number of amides is 1. The van der Waals surface area contributed by atoms with E-state index in [0.717, 1.165) is 0 Å². The van der Waals surface area contributed by atoms with Crippen molar-refractivity contribution < 1.29 is 23.0 Å². The molecular weight excluding hydrogens is 431 g/mol. The molecule has 1 N–H and O–H groups in total. The van der Waals surface area contributed by atoms with Gasteiger partial charge in [0.25, 0.3) is 5.91 Å². The summed E-state index contributed by atoms with van der Waals surface area (Å²) in [4.78, 5) is 20.7. The first-order chi connectivity index (χ1) is 13.6. The van der Waals surface area contributed by atoms with Crippen molar-refractivity contribution >= 4 is 34.9 Å². The van der Waals surface area contributed by atoms with Gasteiger partial charge in [-0.3, -0.25) is 14.5 Å². The standard InChI is InChI=1S/C17H11Cl2F2N5O3/c1-7-14(19)15(26(2)25-7)16(27)24-13-6-22-10(5-23-13)8-3-11-12(4-9(8)18)29-17(20,21)28-11/h3-6H,1-2H3,(H,23,24,27). The average Bonchev–Trinajstić information content (AvgIpc) is 3.07. The summed E-state index contributed by atoms with van der Waals surface area (Å²) in [6.45, 7) is 1.68. The molecule has 12 heteroatoms. The SMILES string of the molecule is Cc1nn(C)c(C(=O)Nc2cnc(-c3cc4c(cc3Cl)OC(F)(F)O4)cn2)c1Cl. The molecule has 4 rings (SSSR count). The molecule has 0 aliphatic carbocycles. The molecule has 3 heterocycles. The minimum Gasteiger partial charge on any atom is -0.395 e. The van der Waals surface area contributed by atoms with Crippen molar-refractivity contribution in [2.75, 3.05) is 5.32 Å². The summed E-state index contributed by atoms with van der Waals surface area (Å²) in [7, 11) is 1.59. The largest absolute Gasteiger partial charge is 0.586 e. The Morgan fingerprint density at radius 2 is 1.86 bits per heavy atom. The van der Waals surface area contributed by atoms with Gasteiger partial charge in [-0.1, -0.05) is 23.2 Å². The predicted octanol–water partition coefficient (Wildman–Crippen LogP) is 4.07. The fourth-order valence-electron chi connectivity index (χ4n) is 2.75. The number of nitrogens with one attached hydrogen (secondary N) is 1. The fourth-order valence-corrected chi connectivity index (χ4v) is 3.25. The van der Waals surface area contributed by atoms with Crippen LogP contribution in [0.2, 0.25) is 10.0 Å². The van der Waals surface area contributed by atoms with E-state index in [4.69, 9.17) is 23.2 Å². The van der Waals surface area contributed by atoms with Crippen LogP contribution in [0.4, 0.5) is 14.6 Å². The van der Waals surface area contributed by atoms with Gasteiger partial charge in [0.05, 0.1) is 33.8 Å². The first-order valence-electron chi connectivity index (χ1n) is 8.07. The van der Waals surface area contributed by atoms with E-state index in [1.807, 2.05) is 0 Å². The molecule has 1 amide bonds. The highest BCUT2D eigenvalue weighted by atomic mass is 35.5. The summed E-state index contributed by atoms with van der Waals surface area (Å²) >= 11 is 12.2. The van der Waals surface area contributed by atoms with Crippen LogP contribution in [0.5, 0.6) is 11.5 Å². The molecular formula is C17H11Cl2F2N5O3. The van der Waals surface area contributed by atoms with E-state index in [-0.39, 0.29) is 38.8 Å². The fraction of sp³-hybridized carbons (Fsp3) is 0.176. The van der Waals surface area contributed by atoms with Crippen molar-refractivity contribution in [1.82, 2.24) is 19.7 Å². The van der Waals surface area contributed by atoms with Gasteiger partial charge in [0, 0.05) is 18.7 Å². The number of benzene rings is 1. The number of carbonyl (C=O) groups excluding carboxylic acids is 1. The number of alkyl halides is 2. The van der Waals surface area contributed by atoms with Gasteiger partial charge in [0.15, 0.2) is 17.3 Å².